The van der Waals surface area contributed by atoms with Crippen molar-refractivity contribution in [3.8, 4) is 5.75 Å². The van der Waals surface area contributed by atoms with Gasteiger partial charge < -0.3 is 19.7 Å². The highest BCUT2D eigenvalue weighted by molar-refractivity contribution is 7.85. The van der Waals surface area contributed by atoms with Crippen LogP contribution in [-0.4, -0.2) is 46.1 Å². The molecule has 0 aliphatic carbocycles. The van der Waals surface area contributed by atoms with Gasteiger partial charge in [-0.3, -0.25) is 14.0 Å². The number of nitrogens with zero attached hydrogens (tertiary/aromatic N) is 3. The number of fused-ring (bicyclic) bond motifs is 1. The fourth-order valence-electron chi connectivity index (χ4n) is 3.73. The Balaban J connectivity index is 1.42. The molecule has 1 unspecified atom stereocenters. The van der Waals surface area contributed by atoms with Gasteiger partial charge in [-0.15, -0.1) is 0 Å². The summed E-state index contributed by atoms with van der Waals surface area (Å²) in [6.07, 6.45) is 3.16. The maximum absolute atomic E-state index is 12.7. The summed E-state index contributed by atoms with van der Waals surface area (Å²) in [6.45, 7) is 4.57. The number of carbonyl (C=O) groups is 1. The van der Waals surface area contributed by atoms with E-state index in [0.717, 1.165) is 11.4 Å². The predicted molar refractivity (Wildman–Crippen MR) is 130 cm³/mol. The van der Waals surface area contributed by atoms with Crippen LogP contribution in [0, 0.1) is 0 Å². The van der Waals surface area contributed by atoms with Crippen LogP contribution in [0.25, 0.3) is 0 Å². The van der Waals surface area contributed by atoms with Crippen LogP contribution < -0.4 is 15.0 Å². The zero-order valence-corrected chi connectivity index (χ0v) is 20.1. The van der Waals surface area contributed by atoms with E-state index >= 15 is 0 Å². The zero-order chi connectivity index (χ0) is 23.9. The molecule has 0 spiro atoms. The molecule has 1 aliphatic heterocycles. The van der Waals surface area contributed by atoms with E-state index in [1.165, 1.54) is 5.56 Å². The van der Waals surface area contributed by atoms with Crippen molar-refractivity contribution in [1.29, 1.82) is 0 Å². The van der Waals surface area contributed by atoms with Crippen molar-refractivity contribution in [2.45, 2.75) is 31.5 Å². The molecule has 178 valence electrons. The average Bonchev–Trinajstić information content (AvgIpc) is 2.88. The molecule has 0 saturated carbocycles. The van der Waals surface area contributed by atoms with Crippen LogP contribution in [-0.2, 0) is 35.2 Å². The van der Waals surface area contributed by atoms with Crippen LogP contribution in [0.2, 0.25) is 0 Å². The molecule has 1 amide bonds. The van der Waals surface area contributed by atoms with Crippen LogP contribution in [0.3, 0.4) is 0 Å². The molecule has 0 fully saturated rings. The molecule has 0 saturated heterocycles. The highest BCUT2D eigenvalue weighted by atomic mass is 32.2. The van der Waals surface area contributed by atoms with E-state index in [1.54, 1.807) is 37.7 Å². The SMILES string of the molecule is CCS(=O)c1ccc(CNC(=O)c2cnc3c(c2)OCCN3Cc2ccccc2COC)nc1. The molecule has 2 aromatic heterocycles. The number of aromatic nitrogens is 2. The highest BCUT2D eigenvalue weighted by Gasteiger charge is 2.22. The van der Waals surface area contributed by atoms with Gasteiger partial charge in [0.15, 0.2) is 11.6 Å². The van der Waals surface area contributed by atoms with Gasteiger partial charge >= 0.3 is 0 Å². The minimum absolute atomic E-state index is 0.260. The van der Waals surface area contributed by atoms with Gasteiger partial charge in [-0.25, -0.2) is 4.98 Å². The number of hydrogen-bond donors (Lipinski definition) is 1. The van der Waals surface area contributed by atoms with Gasteiger partial charge in [-0.1, -0.05) is 31.2 Å². The molecule has 34 heavy (non-hydrogen) atoms. The Morgan fingerprint density at radius 3 is 2.74 bits per heavy atom. The Kier molecular flexibility index (Phi) is 7.87. The molecule has 4 rings (SSSR count). The molecule has 1 atom stereocenters. The number of rotatable bonds is 9. The molecule has 0 bridgehead atoms. The second kappa shape index (κ2) is 11.2. The Labute approximate surface area is 201 Å². The molecule has 0 radical (unpaired) electrons. The van der Waals surface area contributed by atoms with Gasteiger partial charge in [0.2, 0.25) is 0 Å². The lowest BCUT2D eigenvalue weighted by Crippen LogP contribution is -2.33. The molecule has 1 aromatic carbocycles. The smallest absolute Gasteiger partial charge is 0.253 e. The summed E-state index contributed by atoms with van der Waals surface area (Å²) in [6, 6.07) is 13.5. The van der Waals surface area contributed by atoms with E-state index in [4.69, 9.17) is 9.47 Å². The number of pyridine rings is 2. The first-order valence-corrected chi connectivity index (χ1v) is 12.5. The first kappa shape index (κ1) is 23.8. The Bertz CT molecular complexity index is 1170. The minimum atomic E-state index is -1.04. The third kappa shape index (κ3) is 5.60. The zero-order valence-electron chi connectivity index (χ0n) is 19.3. The van der Waals surface area contributed by atoms with Crippen LogP contribution in [0.5, 0.6) is 5.75 Å². The molecule has 1 N–H and O–H groups in total. The molecular weight excluding hydrogens is 452 g/mol. The topological polar surface area (TPSA) is 93.7 Å². The summed E-state index contributed by atoms with van der Waals surface area (Å²) >= 11 is 0. The average molecular weight is 481 g/mol. The van der Waals surface area contributed by atoms with Crippen molar-refractivity contribution in [1.82, 2.24) is 15.3 Å². The number of amides is 1. The van der Waals surface area contributed by atoms with Gasteiger partial charge in [0.05, 0.1) is 46.6 Å². The molecule has 9 heteroatoms. The third-order valence-electron chi connectivity index (χ3n) is 5.55. The van der Waals surface area contributed by atoms with E-state index in [2.05, 4.69) is 32.3 Å². The van der Waals surface area contributed by atoms with E-state index in [0.29, 0.717) is 54.0 Å². The van der Waals surface area contributed by atoms with Crippen LogP contribution in [0.1, 0.15) is 34.1 Å². The number of anilines is 1. The standard InChI is InChI=1S/C25H28N4O4S/c1-3-34(31)22-9-8-21(26-15-22)14-28-25(30)20-12-23-24(27-13-20)29(10-11-33-23)16-18-6-4-5-7-19(18)17-32-2/h4-9,12-13,15H,3,10-11,14,16-17H2,1-2H3,(H,28,30). The summed E-state index contributed by atoms with van der Waals surface area (Å²) in [5.74, 6) is 1.59. The Morgan fingerprint density at radius 2 is 2.00 bits per heavy atom. The van der Waals surface area contributed by atoms with Crippen molar-refractivity contribution in [2.24, 2.45) is 0 Å². The lowest BCUT2D eigenvalue weighted by Gasteiger charge is -2.30. The number of methoxy groups -OCH3 is 1. The lowest BCUT2D eigenvalue weighted by atomic mass is 10.1. The van der Waals surface area contributed by atoms with Gasteiger partial charge in [0, 0.05) is 31.8 Å². The fraction of sp³-hybridized carbons (Fsp3) is 0.320. The van der Waals surface area contributed by atoms with Gasteiger partial charge in [0.25, 0.3) is 5.91 Å². The molecule has 3 aromatic rings. The fourth-order valence-corrected chi connectivity index (χ4v) is 4.46. The Hall–Kier alpha value is -3.30. The second-order valence-electron chi connectivity index (χ2n) is 7.82. The van der Waals surface area contributed by atoms with Crippen molar-refractivity contribution < 1.29 is 18.5 Å². The number of carbonyl (C=O) groups excluding carboxylic acids is 1. The Morgan fingerprint density at radius 1 is 1.18 bits per heavy atom. The third-order valence-corrected chi connectivity index (χ3v) is 6.84. The monoisotopic (exact) mass is 480 g/mol. The van der Waals surface area contributed by atoms with Crippen LogP contribution in [0.4, 0.5) is 5.82 Å². The summed E-state index contributed by atoms with van der Waals surface area (Å²) < 4.78 is 23.0. The number of ether oxygens (including phenoxy) is 2. The predicted octanol–water partition coefficient (Wildman–Crippen LogP) is 3.08. The number of benzene rings is 1. The summed E-state index contributed by atoms with van der Waals surface area (Å²) in [5, 5.41) is 2.86. The normalized spacial score (nSPS) is 13.6. The van der Waals surface area contributed by atoms with E-state index < -0.39 is 10.8 Å². The molecular formula is C25H28N4O4S. The summed E-state index contributed by atoms with van der Waals surface area (Å²) in [7, 11) is 0.645. The number of hydrogen-bond acceptors (Lipinski definition) is 7. The molecule has 1 aliphatic rings. The molecule has 3 heterocycles. The first-order chi connectivity index (χ1) is 16.6. The van der Waals surface area contributed by atoms with Crippen molar-refractivity contribution >= 4 is 22.5 Å². The number of nitrogens with one attached hydrogen (secondary N) is 1. The van der Waals surface area contributed by atoms with Crippen molar-refractivity contribution in [3.05, 3.63) is 77.2 Å². The lowest BCUT2D eigenvalue weighted by molar-refractivity contribution is 0.0949. The largest absolute Gasteiger partial charge is 0.488 e. The quantitative estimate of drug-likeness (QED) is 0.503. The summed E-state index contributed by atoms with van der Waals surface area (Å²) in [5.41, 5.74) is 3.41. The van der Waals surface area contributed by atoms with Crippen molar-refractivity contribution in [3.63, 3.8) is 0 Å². The van der Waals surface area contributed by atoms with Gasteiger partial charge in [-0.05, 0) is 29.3 Å². The van der Waals surface area contributed by atoms with Crippen molar-refractivity contribution in [2.75, 3.05) is 30.9 Å². The van der Waals surface area contributed by atoms with Gasteiger partial charge in [0.1, 0.15) is 6.61 Å². The van der Waals surface area contributed by atoms with Gasteiger partial charge in [-0.2, -0.15) is 0 Å². The maximum atomic E-state index is 12.7. The van der Waals surface area contributed by atoms with Crippen LogP contribution in [0.15, 0.2) is 59.8 Å². The van der Waals surface area contributed by atoms with E-state index in [-0.39, 0.29) is 12.5 Å². The summed E-state index contributed by atoms with van der Waals surface area (Å²) in [4.78, 5) is 24.4. The van der Waals surface area contributed by atoms with Crippen LogP contribution >= 0.6 is 0 Å². The second-order valence-corrected chi connectivity index (χ2v) is 9.56. The van der Waals surface area contributed by atoms with E-state index in [9.17, 15) is 9.00 Å². The highest BCUT2D eigenvalue weighted by Crippen LogP contribution is 2.31. The minimum Gasteiger partial charge on any atom is -0.488 e. The molecule has 8 nitrogen and oxygen atoms in total. The van der Waals surface area contributed by atoms with E-state index in [1.807, 2.05) is 19.1 Å². The maximum Gasteiger partial charge on any atom is 0.253 e. The first-order valence-electron chi connectivity index (χ1n) is 11.1.